The predicted molar refractivity (Wildman–Crippen MR) is 105 cm³/mol. The second kappa shape index (κ2) is 7.43. The summed E-state index contributed by atoms with van der Waals surface area (Å²) in [4.78, 5) is 0.298. The standard InChI is InChI=1S/C16H15ClN2O4S3/c1-4-9-19-14-10(22-2)5-6-11(23-3)15(14)25-16(19)18-26(20,21)13-8-7-12(17)24-13/h4-8H,1,9H2,2-3H3/b18-16-. The van der Waals surface area contributed by atoms with E-state index >= 15 is 0 Å². The molecule has 138 valence electrons. The Kier molecular flexibility index (Phi) is 5.42. The molecule has 0 radical (unpaired) electrons. The van der Waals surface area contributed by atoms with Gasteiger partial charge in [0.05, 0.1) is 18.6 Å². The molecule has 3 aromatic rings. The van der Waals surface area contributed by atoms with Crippen molar-refractivity contribution < 1.29 is 17.9 Å². The van der Waals surface area contributed by atoms with Crippen molar-refractivity contribution in [2.45, 2.75) is 10.8 Å². The monoisotopic (exact) mass is 430 g/mol. The number of nitrogens with zero attached hydrogens (tertiary/aromatic N) is 2. The van der Waals surface area contributed by atoms with Gasteiger partial charge in [-0.05, 0) is 24.3 Å². The molecule has 0 fully saturated rings. The van der Waals surface area contributed by atoms with Crippen molar-refractivity contribution in [3.63, 3.8) is 0 Å². The molecular weight excluding hydrogens is 416 g/mol. The molecule has 1 aromatic carbocycles. The number of thiophene rings is 1. The Morgan fingerprint density at radius 2 is 1.88 bits per heavy atom. The minimum atomic E-state index is -3.89. The van der Waals surface area contributed by atoms with Crippen molar-refractivity contribution in [1.29, 1.82) is 0 Å². The Hall–Kier alpha value is -1.81. The van der Waals surface area contributed by atoms with Crippen molar-refractivity contribution >= 4 is 54.5 Å². The van der Waals surface area contributed by atoms with Gasteiger partial charge >= 0.3 is 0 Å². The molecule has 2 aromatic heterocycles. The molecule has 0 unspecified atom stereocenters. The van der Waals surface area contributed by atoms with Crippen LogP contribution >= 0.6 is 34.3 Å². The van der Waals surface area contributed by atoms with Gasteiger partial charge in [0.25, 0.3) is 10.0 Å². The highest BCUT2D eigenvalue weighted by atomic mass is 35.5. The molecule has 0 saturated carbocycles. The third-order valence-electron chi connectivity index (χ3n) is 3.51. The first kappa shape index (κ1) is 19.0. The van der Waals surface area contributed by atoms with Crippen LogP contribution in [-0.2, 0) is 16.6 Å². The molecule has 10 heteroatoms. The lowest BCUT2D eigenvalue weighted by Crippen LogP contribution is -2.16. The maximum atomic E-state index is 12.6. The van der Waals surface area contributed by atoms with Crippen molar-refractivity contribution in [2.24, 2.45) is 4.40 Å². The van der Waals surface area contributed by atoms with Crippen molar-refractivity contribution in [3.8, 4) is 11.5 Å². The summed E-state index contributed by atoms with van der Waals surface area (Å²) in [5.74, 6) is 1.21. The van der Waals surface area contributed by atoms with Gasteiger partial charge in [-0.1, -0.05) is 29.0 Å². The molecule has 26 heavy (non-hydrogen) atoms. The van der Waals surface area contributed by atoms with E-state index in [1.807, 2.05) is 0 Å². The normalized spacial score (nSPS) is 12.5. The lowest BCUT2D eigenvalue weighted by molar-refractivity contribution is 0.409. The largest absolute Gasteiger partial charge is 0.495 e. The molecule has 6 nitrogen and oxygen atoms in total. The zero-order chi connectivity index (χ0) is 18.9. The highest BCUT2D eigenvalue weighted by Crippen LogP contribution is 2.35. The molecule has 0 aliphatic rings. The fourth-order valence-electron chi connectivity index (χ4n) is 2.41. The summed E-state index contributed by atoms with van der Waals surface area (Å²) in [6.45, 7) is 4.11. The van der Waals surface area contributed by atoms with Crippen LogP contribution in [0.15, 0.2) is 45.5 Å². The first-order valence-electron chi connectivity index (χ1n) is 7.33. The SMILES string of the molecule is C=CCn1/c(=N/S(=O)(=O)c2ccc(Cl)s2)sc2c(OC)ccc(OC)c21. The number of aromatic nitrogens is 1. The van der Waals surface area contributed by atoms with Gasteiger partial charge in [0, 0.05) is 6.54 Å². The fraction of sp³-hybridized carbons (Fsp3) is 0.188. The number of fused-ring (bicyclic) bond motifs is 1. The minimum absolute atomic E-state index is 0.0871. The first-order valence-corrected chi connectivity index (χ1v) is 10.8. The number of halogens is 1. The van der Waals surface area contributed by atoms with E-state index in [0.29, 0.717) is 32.7 Å². The summed E-state index contributed by atoms with van der Waals surface area (Å²) in [6, 6.07) is 6.51. The Labute approximate surface area is 163 Å². The topological polar surface area (TPSA) is 69.9 Å². The van der Waals surface area contributed by atoms with E-state index in [9.17, 15) is 8.42 Å². The molecule has 0 aliphatic heterocycles. The van der Waals surface area contributed by atoms with Crippen molar-refractivity contribution in [2.75, 3.05) is 14.2 Å². The molecular formula is C16H15ClN2O4S3. The Balaban J connectivity index is 2.35. The summed E-state index contributed by atoms with van der Waals surface area (Å²) in [7, 11) is -0.778. The van der Waals surface area contributed by atoms with Gasteiger partial charge in [0.15, 0.2) is 0 Å². The van der Waals surface area contributed by atoms with Crippen molar-refractivity contribution in [1.82, 2.24) is 4.57 Å². The Morgan fingerprint density at radius 1 is 1.19 bits per heavy atom. The second-order valence-corrected chi connectivity index (χ2v) is 9.58. The number of rotatable bonds is 6. The molecule has 0 amide bonds. The maximum absolute atomic E-state index is 12.6. The number of ether oxygens (including phenoxy) is 2. The van der Waals surface area contributed by atoms with Crippen LogP contribution in [0.3, 0.4) is 0 Å². The smallest absolute Gasteiger partial charge is 0.294 e. The lowest BCUT2D eigenvalue weighted by atomic mass is 10.3. The highest BCUT2D eigenvalue weighted by Gasteiger charge is 2.19. The number of allylic oxidation sites excluding steroid dienone is 1. The van der Waals surface area contributed by atoms with Gasteiger partial charge in [0.1, 0.15) is 25.9 Å². The fourth-order valence-corrected chi connectivity index (χ4v) is 6.22. The molecule has 0 bridgehead atoms. The first-order chi connectivity index (χ1) is 12.4. The van der Waals surface area contributed by atoms with Crippen LogP contribution in [0.5, 0.6) is 11.5 Å². The van der Waals surface area contributed by atoms with E-state index in [1.54, 1.807) is 37.0 Å². The zero-order valence-corrected chi connectivity index (χ0v) is 17.1. The van der Waals surface area contributed by atoms with Crippen LogP contribution in [0.25, 0.3) is 10.2 Å². The third-order valence-corrected chi connectivity index (χ3v) is 7.68. The molecule has 0 N–H and O–H groups in total. The number of sulfonamides is 1. The van der Waals surface area contributed by atoms with Gasteiger partial charge in [0.2, 0.25) is 4.80 Å². The number of thiazole rings is 1. The van der Waals surface area contributed by atoms with Gasteiger partial charge in [-0.3, -0.25) is 0 Å². The molecule has 0 atom stereocenters. The van der Waals surface area contributed by atoms with E-state index in [0.717, 1.165) is 16.0 Å². The summed E-state index contributed by atoms with van der Waals surface area (Å²) < 4.78 is 43.1. The number of benzene rings is 1. The van der Waals surface area contributed by atoms with Crippen molar-refractivity contribution in [3.05, 3.63) is 46.1 Å². The minimum Gasteiger partial charge on any atom is -0.495 e. The molecule has 0 aliphatic carbocycles. The predicted octanol–water partition coefficient (Wildman–Crippen LogP) is 3.91. The Bertz CT molecular complexity index is 1140. The van der Waals surface area contributed by atoms with E-state index in [-0.39, 0.29) is 4.21 Å². The van der Waals surface area contributed by atoms with Gasteiger partial charge < -0.3 is 14.0 Å². The average molecular weight is 431 g/mol. The molecule has 3 rings (SSSR count). The van der Waals surface area contributed by atoms with Crippen LogP contribution in [0.2, 0.25) is 4.34 Å². The number of hydrogen-bond donors (Lipinski definition) is 0. The zero-order valence-electron chi connectivity index (χ0n) is 13.9. The van der Waals surface area contributed by atoms with Crippen LogP contribution in [0.1, 0.15) is 0 Å². The van der Waals surface area contributed by atoms with Crippen LogP contribution in [0, 0.1) is 0 Å². The Morgan fingerprint density at radius 3 is 2.46 bits per heavy atom. The second-order valence-electron chi connectivity index (χ2n) is 5.06. The van der Waals surface area contributed by atoms with Crippen LogP contribution < -0.4 is 14.3 Å². The maximum Gasteiger partial charge on any atom is 0.294 e. The van der Waals surface area contributed by atoms with E-state index in [2.05, 4.69) is 11.0 Å². The summed E-state index contributed by atoms with van der Waals surface area (Å²) in [5, 5.41) is 0. The van der Waals surface area contributed by atoms with Gasteiger partial charge in [-0.15, -0.1) is 22.3 Å². The summed E-state index contributed by atoms with van der Waals surface area (Å²) in [6.07, 6.45) is 1.67. The average Bonchev–Trinajstić information content (AvgIpc) is 3.19. The van der Waals surface area contributed by atoms with Gasteiger partial charge in [-0.2, -0.15) is 8.42 Å². The van der Waals surface area contributed by atoms with E-state index in [1.165, 1.54) is 23.5 Å². The number of methoxy groups -OCH3 is 2. The molecule has 2 heterocycles. The van der Waals surface area contributed by atoms with Crippen LogP contribution in [0.4, 0.5) is 0 Å². The lowest BCUT2D eigenvalue weighted by Gasteiger charge is -2.08. The third kappa shape index (κ3) is 3.39. The molecule has 0 saturated heterocycles. The van der Waals surface area contributed by atoms with Gasteiger partial charge in [-0.25, -0.2) is 0 Å². The van der Waals surface area contributed by atoms with E-state index in [4.69, 9.17) is 21.1 Å². The summed E-state index contributed by atoms with van der Waals surface area (Å²) in [5.41, 5.74) is 0.704. The molecule has 0 spiro atoms. The highest BCUT2D eigenvalue weighted by molar-refractivity contribution is 7.92. The summed E-state index contributed by atoms with van der Waals surface area (Å²) >= 11 is 8.03. The quantitative estimate of drug-likeness (QED) is 0.556. The van der Waals surface area contributed by atoms with Crippen LogP contribution in [-0.4, -0.2) is 27.2 Å². The van der Waals surface area contributed by atoms with E-state index < -0.39 is 10.0 Å². The number of hydrogen-bond acceptors (Lipinski definition) is 6.